The molecule has 1 atom stereocenters. The highest BCUT2D eigenvalue weighted by atomic mass is 32.1. The van der Waals surface area contributed by atoms with E-state index in [1.54, 1.807) is 0 Å². The van der Waals surface area contributed by atoms with Gasteiger partial charge in [0.1, 0.15) is 0 Å². The lowest BCUT2D eigenvalue weighted by atomic mass is 10.1. The number of hydrogen-bond acceptors (Lipinski definition) is 2. The summed E-state index contributed by atoms with van der Waals surface area (Å²) < 4.78 is 0. The Hall–Kier alpha value is -0.440. The number of nitrogens with one attached hydrogen (secondary N) is 1. The summed E-state index contributed by atoms with van der Waals surface area (Å²) in [6.45, 7) is 4.01. The molecule has 0 aromatic rings. The maximum absolute atomic E-state index is 11.5. The van der Waals surface area contributed by atoms with Crippen LogP contribution in [0.2, 0.25) is 0 Å². The minimum absolute atomic E-state index is 0.0621. The van der Waals surface area contributed by atoms with Crippen LogP contribution in [0, 0.1) is 5.92 Å². The Labute approximate surface area is 85.2 Å². The van der Waals surface area contributed by atoms with Crippen LogP contribution in [-0.4, -0.2) is 17.2 Å². The number of thiol groups is 1. The minimum Gasteiger partial charge on any atom is -0.352 e. The molecule has 0 radical (unpaired) electrons. The zero-order valence-corrected chi connectivity index (χ0v) is 9.05. The summed E-state index contributed by atoms with van der Waals surface area (Å²) in [5, 5.41) is 2.80. The van der Waals surface area contributed by atoms with E-state index in [2.05, 4.69) is 30.1 Å². The Balaban J connectivity index is 2.32. The molecule has 0 aromatic heterocycles. The molecule has 0 saturated heterocycles. The normalized spacial score (nSPS) is 19.4. The molecule has 0 heterocycles. The number of carbonyl (C=O) groups is 1. The lowest BCUT2D eigenvalue weighted by Crippen LogP contribution is -2.40. The lowest BCUT2D eigenvalue weighted by molar-refractivity contribution is -0.121. The van der Waals surface area contributed by atoms with Crippen LogP contribution in [-0.2, 0) is 4.79 Å². The molecule has 1 N–H and O–H groups in total. The van der Waals surface area contributed by atoms with Crippen LogP contribution in [0.1, 0.15) is 26.7 Å². The summed E-state index contributed by atoms with van der Waals surface area (Å²) in [7, 11) is 0. The third-order valence-corrected chi connectivity index (χ3v) is 3.09. The van der Waals surface area contributed by atoms with Gasteiger partial charge < -0.3 is 5.32 Å². The average molecular weight is 199 g/mol. The quantitative estimate of drug-likeness (QED) is 0.526. The molecule has 0 fully saturated rings. The Morgan fingerprint density at radius 1 is 1.46 bits per heavy atom. The van der Waals surface area contributed by atoms with Crippen molar-refractivity contribution < 1.29 is 4.79 Å². The standard InChI is InChI=1S/C10H17NOS/c1-7(2)9(13)10(12)11-8-5-3-4-6-8/h3-4,7-9,13H,5-6H2,1-2H3,(H,11,12). The molecule has 74 valence electrons. The summed E-state index contributed by atoms with van der Waals surface area (Å²) in [5.74, 6) is 0.352. The van der Waals surface area contributed by atoms with Gasteiger partial charge in [0, 0.05) is 6.04 Å². The highest BCUT2D eigenvalue weighted by Crippen LogP contribution is 2.13. The van der Waals surface area contributed by atoms with E-state index in [1.807, 2.05) is 13.8 Å². The first-order valence-electron chi connectivity index (χ1n) is 4.74. The lowest BCUT2D eigenvalue weighted by Gasteiger charge is -2.18. The van der Waals surface area contributed by atoms with Crippen LogP contribution in [0.5, 0.6) is 0 Å². The van der Waals surface area contributed by atoms with Gasteiger partial charge in [-0.1, -0.05) is 26.0 Å². The van der Waals surface area contributed by atoms with Crippen LogP contribution in [0.25, 0.3) is 0 Å². The SMILES string of the molecule is CC(C)C(S)C(=O)NC1CC=CC1. The summed E-state index contributed by atoms with van der Waals surface area (Å²) in [6.07, 6.45) is 6.14. The average Bonchev–Trinajstić information content (AvgIpc) is 2.55. The molecule has 0 spiro atoms. The fourth-order valence-electron chi connectivity index (χ4n) is 1.32. The molecular formula is C10H17NOS. The largest absolute Gasteiger partial charge is 0.352 e. The second-order valence-corrected chi connectivity index (χ2v) is 4.39. The van der Waals surface area contributed by atoms with E-state index in [0.717, 1.165) is 12.8 Å². The fraction of sp³-hybridized carbons (Fsp3) is 0.700. The van der Waals surface area contributed by atoms with Gasteiger partial charge in [0.2, 0.25) is 5.91 Å². The van der Waals surface area contributed by atoms with Gasteiger partial charge in [-0.15, -0.1) is 0 Å². The van der Waals surface area contributed by atoms with Crippen molar-refractivity contribution in [3.05, 3.63) is 12.2 Å². The van der Waals surface area contributed by atoms with Gasteiger partial charge in [-0.2, -0.15) is 12.6 Å². The Kier molecular flexibility index (Phi) is 3.85. The second-order valence-electron chi connectivity index (χ2n) is 3.84. The maximum atomic E-state index is 11.5. The van der Waals surface area contributed by atoms with Gasteiger partial charge in [0.25, 0.3) is 0 Å². The monoisotopic (exact) mass is 199 g/mol. The Morgan fingerprint density at radius 2 is 2.00 bits per heavy atom. The number of hydrogen-bond donors (Lipinski definition) is 2. The molecule has 13 heavy (non-hydrogen) atoms. The molecule has 0 aliphatic heterocycles. The zero-order chi connectivity index (χ0) is 9.84. The molecule has 3 heteroatoms. The highest BCUT2D eigenvalue weighted by molar-refractivity contribution is 7.81. The van der Waals surface area contributed by atoms with E-state index in [0.29, 0.717) is 6.04 Å². The Bertz CT molecular complexity index is 205. The third kappa shape index (κ3) is 3.07. The number of rotatable bonds is 3. The highest BCUT2D eigenvalue weighted by Gasteiger charge is 2.20. The molecule has 1 rings (SSSR count). The van der Waals surface area contributed by atoms with Crippen LogP contribution in [0.3, 0.4) is 0 Å². The molecule has 1 aliphatic carbocycles. The maximum Gasteiger partial charge on any atom is 0.233 e. The molecule has 1 amide bonds. The van der Waals surface area contributed by atoms with Gasteiger partial charge in [0.05, 0.1) is 5.25 Å². The van der Waals surface area contributed by atoms with E-state index in [9.17, 15) is 4.79 Å². The summed E-state index contributed by atoms with van der Waals surface area (Å²) in [6, 6.07) is 0.306. The number of carbonyl (C=O) groups excluding carboxylic acids is 1. The Morgan fingerprint density at radius 3 is 2.46 bits per heavy atom. The van der Waals surface area contributed by atoms with Crippen LogP contribution < -0.4 is 5.32 Å². The van der Waals surface area contributed by atoms with Gasteiger partial charge in [0.15, 0.2) is 0 Å². The summed E-state index contributed by atoms with van der Waals surface area (Å²) in [5.41, 5.74) is 0. The molecule has 0 saturated carbocycles. The summed E-state index contributed by atoms with van der Waals surface area (Å²) >= 11 is 4.26. The predicted octanol–water partition coefficient (Wildman–Crippen LogP) is 1.78. The van der Waals surface area contributed by atoms with Gasteiger partial charge >= 0.3 is 0 Å². The van der Waals surface area contributed by atoms with Crippen molar-refractivity contribution in [3.63, 3.8) is 0 Å². The first-order valence-corrected chi connectivity index (χ1v) is 5.26. The topological polar surface area (TPSA) is 29.1 Å². The van der Waals surface area contributed by atoms with Crippen LogP contribution >= 0.6 is 12.6 Å². The van der Waals surface area contributed by atoms with E-state index in [-0.39, 0.29) is 17.1 Å². The molecule has 1 aliphatic rings. The van der Waals surface area contributed by atoms with Gasteiger partial charge in [-0.3, -0.25) is 4.79 Å². The minimum atomic E-state index is -0.180. The van der Waals surface area contributed by atoms with E-state index < -0.39 is 0 Å². The third-order valence-electron chi connectivity index (χ3n) is 2.25. The van der Waals surface area contributed by atoms with Crippen molar-refractivity contribution in [3.8, 4) is 0 Å². The van der Waals surface area contributed by atoms with Crippen molar-refractivity contribution in [2.75, 3.05) is 0 Å². The first-order chi connectivity index (χ1) is 6.11. The van der Waals surface area contributed by atoms with Crippen molar-refractivity contribution in [1.82, 2.24) is 5.32 Å². The van der Waals surface area contributed by atoms with Crippen molar-refractivity contribution in [2.24, 2.45) is 5.92 Å². The number of amides is 1. The van der Waals surface area contributed by atoms with E-state index in [4.69, 9.17) is 0 Å². The van der Waals surface area contributed by atoms with E-state index in [1.165, 1.54) is 0 Å². The van der Waals surface area contributed by atoms with Gasteiger partial charge in [-0.25, -0.2) is 0 Å². The summed E-state index contributed by atoms with van der Waals surface area (Å²) in [4.78, 5) is 11.5. The molecule has 0 aromatic carbocycles. The second kappa shape index (κ2) is 4.70. The van der Waals surface area contributed by atoms with Crippen molar-refractivity contribution in [1.29, 1.82) is 0 Å². The van der Waals surface area contributed by atoms with Crippen LogP contribution in [0.4, 0.5) is 0 Å². The van der Waals surface area contributed by atoms with Gasteiger partial charge in [-0.05, 0) is 18.8 Å². The van der Waals surface area contributed by atoms with Crippen LogP contribution in [0.15, 0.2) is 12.2 Å². The smallest absolute Gasteiger partial charge is 0.233 e. The fourth-order valence-corrected chi connectivity index (χ4v) is 1.40. The van der Waals surface area contributed by atoms with Crippen molar-refractivity contribution >= 4 is 18.5 Å². The molecule has 0 bridgehead atoms. The first kappa shape index (κ1) is 10.6. The van der Waals surface area contributed by atoms with E-state index >= 15 is 0 Å². The molecule has 1 unspecified atom stereocenters. The molecule has 2 nitrogen and oxygen atoms in total. The zero-order valence-electron chi connectivity index (χ0n) is 8.16. The molecular weight excluding hydrogens is 182 g/mol. The predicted molar refractivity (Wildman–Crippen MR) is 57.9 cm³/mol. The van der Waals surface area contributed by atoms with Crippen molar-refractivity contribution in [2.45, 2.75) is 38.0 Å².